The minimum absolute atomic E-state index is 0.179. The van der Waals surface area contributed by atoms with Crippen LogP contribution in [0.4, 0.5) is 0 Å². The van der Waals surface area contributed by atoms with Crippen LogP contribution >= 0.6 is 34.8 Å². The molecule has 0 bridgehead atoms. The molecule has 0 radical (unpaired) electrons. The predicted molar refractivity (Wildman–Crippen MR) is 71.4 cm³/mol. The molecule has 4 nitrogen and oxygen atoms in total. The summed E-state index contributed by atoms with van der Waals surface area (Å²) in [5.74, 6) is 1.07. The molecule has 0 spiro atoms. The van der Waals surface area contributed by atoms with Crippen molar-refractivity contribution in [2.45, 2.75) is 6.92 Å². The smallest absolute Gasteiger partial charge is 0.253 e. The normalized spacial score (nSPS) is 10.7. The molecular formula is C11H8Cl3N3O. The average Bonchev–Trinajstić information content (AvgIpc) is 2.57. The summed E-state index contributed by atoms with van der Waals surface area (Å²) < 4.78 is 1.55. The van der Waals surface area contributed by atoms with Crippen molar-refractivity contribution in [1.82, 2.24) is 14.8 Å². The van der Waals surface area contributed by atoms with Gasteiger partial charge in [-0.05, 0) is 30.7 Å². The molecule has 0 amide bonds. The first-order valence-electron chi connectivity index (χ1n) is 4.97. The second-order valence-electron chi connectivity index (χ2n) is 3.66. The van der Waals surface area contributed by atoms with Gasteiger partial charge < -0.3 is 0 Å². The summed E-state index contributed by atoms with van der Waals surface area (Å²) in [5, 5.41) is 4.04. The van der Waals surface area contributed by atoms with Gasteiger partial charge in [0.25, 0.3) is 5.24 Å². The molecule has 2 aromatic rings. The summed E-state index contributed by atoms with van der Waals surface area (Å²) in [6.07, 6.45) is 0. The Balaban J connectivity index is 2.74. The molecule has 1 heterocycles. The summed E-state index contributed by atoms with van der Waals surface area (Å²) in [6, 6.07) is 3.04. The van der Waals surface area contributed by atoms with E-state index in [2.05, 4.69) is 10.1 Å². The molecule has 1 aromatic carbocycles. The Kier molecular flexibility index (Phi) is 3.61. The number of aryl methyl sites for hydroxylation is 2. The van der Waals surface area contributed by atoms with Gasteiger partial charge in [-0.15, -0.1) is 0 Å². The Morgan fingerprint density at radius 1 is 1.33 bits per heavy atom. The van der Waals surface area contributed by atoms with Gasteiger partial charge >= 0.3 is 0 Å². The summed E-state index contributed by atoms with van der Waals surface area (Å²) >= 11 is 17.7. The third-order valence-corrected chi connectivity index (χ3v) is 3.31. The van der Waals surface area contributed by atoms with Gasteiger partial charge in [-0.25, -0.2) is 9.67 Å². The molecule has 18 heavy (non-hydrogen) atoms. The Hall–Kier alpha value is -1.10. The Morgan fingerprint density at radius 2 is 2.00 bits per heavy atom. The van der Waals surface area contributed by atoms with Crippen LogP contribution in [0.5, 0.6) is 0 Å². The fourth-order valence-corrected chi connectivity index (χ4v) is 2.47. The first-order chi connectivity index (χ1) is 8.41. The van der Waals surface area contributed by atoms with Crippen LogP contribution < -0.4 is 0 Å². The highest BCUT2D eigenvalue weighted by Gasteiger charge is 2.19. The minimum Gasteiger partial charge on any atom is -0.276 e. The zero-order valence-corrected chi connectivity index (χ0v) is 11.8. The third-order valence-electron chi connectivity index (χ3n) is 2.40. The molecular weight excluding hydrogens is 296 g/mol. The van der Waals surface area contributed by atoms with Crippen molar-refractivity contribution in [3.63, 3.8) is 0 Å². The first kappa shape index (κ1) is 13.3. The van der Waals surface area contributed by atoms with Crippen LogP contribution in [0.25, 0.3) is 11.4 Å². The number of nitrogens with zero attached hydrogens (tertiary/aromatic N) is 3. The molecule has 2 rings (SSSR count). The average molecular weight is 305 g/mol. The highest BCUT2D eigenvalue weighted by atomic mass is 35.5. The largest absolute Gasteiger partial charge is 0.276 e. The van der Waals surface area contributed by atoms with Crippen molar-refractivity contribution in [3.05, 3.63) is 33.6 Å². The lowest BCUT2D eigenvalue weighted by Crippen LogP contribution is -1.99. The van der Waals surface area contributed by atoms with Crippen LogP contribution in [0.3, 0.4) is 0 Å². The van der Waals surface area contributed by atoms with Gasteiger partial charge in [0.1, 0.15) is 5.82 Å². The van der Waals surface area contributed by atoms with E-state index in [0.29, 0.717) is 22.2 Å². The molecule has 0 saturated heterocycles. The van der Waals surface area contributed by atoms with E-state index in [1.165, 1.54) is 6.07 Å². The van der Waals surface area contributed by atoms with E-state index in [0.717, 1.165) is 0 Å². The zero-order valence-electron chi connectivity index (χ0n) is 9.54. The SMILES string of the molecule is Cc1nc(-c2c(Cl)ccc(C(=O)Cl)c2Cl)n(C)n1. The number of benzene rings is 1. The maximum atomic E-state index is 11.2. The fourth-order valence-electron chi connectivity index (χ4n) is 1.64. The highest BCUT2D eigenvalue weighted by Crippen LogP contribution is 2.36. The van der Waals surface area contributed by atoms with Crippen LogP contribution in [-0.4, -0.2) is 20.0 Å². The highest BCUT2D eigenvalue weighted by molar-refractivity contribution is 6.69. The molecule has 0 aliphatic rings. The van der Waals surface area contributed by atoms with Gasteiger partial charge in [-0.2, -0.15) is 5.10 Å². The lowest BCUT2D eigenvalue weighted by atomic mass is 10.1. The number of hydrogen-bond acceptors (Lipinski definition) is 3. The fraction of sp³-hybridized carbons (Fsp3) is 0.182. The van der Waals surface area contributed by atoms with Crippen molar-refractivity contribution in [1.29, 1.82) is 0 Å². The van der Waals surface area contributed by atoms with Crippen molar-refractivity contribution in [2.75, 3.05) is 0 Å². The van der Waals surface area contributed by atoms with Gasteiger partial charge in [-0.3, -0.25) is 4.79 Å². The summed E-state index contributed by atoms with van der Waals surface area (Å²) in [7, 11) is 1.72. The quantitative estimate of drug-likeness (QED) is 0.798. The van der Waals surface area contributed by atoms with Gasteiger partial charge in [-0.1, -0.05) is 23.2 Å². The molecule has 94 valence electrons. The van der Waals surface area contributed by atoms with Crippen molar-refractivity contribution < 1.29 is 4.79 Å². The van der Waals surface area contributed by atoms with E-state index in [9.17, 15) is 4.79 Å². The summed E-state index contributed by atoms with van der Waals surface area (Å²) in [4.78, 5) is 15.5. The number of carbonyl (C=O) groups excluding carboxylic acids is 1. The van der Waals surface area contributed by atoms with E-state index in [4.69, 9.17) is 34.8 Å². The monoisotopic (exact) mass is 303 g/mol. The molecule has 1 aromatic heterocycles. The number of halogens is 3. The Labute approximate surface area is 118 Å². The second-order valence-corrected chi connectivity index (χ2v) is 4.79. The van der Waals surface area contributed by atoms with Crippen molar-refractivity contribution in [2.24, 2.45) is 7.05 Å². The molecule has 0 N–H and O–H groups in total. The zero-order chi connectivity index (χ0) is 13.4. The van der Waals surface area contributed by atoms with Gasteiger partial charge in [0.2, 0.25) is 0 Å². The van der Waals surface area contributed by atoms with E-state index in [1.54, 1.807) is 24.7 Å². The van der Waals surface area contributed by atoms with Gasteiger partial charge in [0.05, 0.1) is 21.2 Å². The maximum absolute atomic E-state index is 11.2. The molecule has 0 aliphatic heterocycles. The van der Waals surface area contributed by atoms with E-state index in [1.807, 2.05) is 0 Å². The van der Waals surface area contributed by atoms with Crippen molar-refractivity contribution in [3.8, 4) is 11.4 Å². The maximum Gasteiger partial charge on any atom is 0.253 e. The second kappa shape index (κ2) is 4.88. The Bertz CT molecular complexity index is 637. The van der Waals surface area contributed by atoms with Crippen LogP contribution in [0.15, 0.2) is 12.1 Å². The first-order valence-corrected chi connectivity index (χ1v) is 6.11. The van der Waals surface area contributed by atoms with Crippen LogP contribution in [0.2, 0.25) is 10.0 Å². The van der Waals surface area contributed by atoms with Gasteiger partial charge in [0, 0.05) is 7.05 Å². The lowest BCUT2D eigenvalue weighted by molar-refractivity contribution is 0.108. The van der Waals surface area contributed by atoms with E-state index >= 15 is 0 Å². The van der Waals surface area contributed by atoms with Crippen LogP contribution in [-0.2, 0) is 7.05 Å². The third kappa shape index (κ3) is 2.23. The topological polar surface area (TPSA) is 47.8 Å². The summed E-state index contributed by atoms with van der Waals surface area (Å²) in [5.41, 5.74) is 0.645. The molecule has 0 atom stereocenters. The van der Waals surface area contributed by atoms with Crippen molar-refractivity contribution >= 4 is 40.0 Å². The molecule has 0 saturated carbocycles. The Morgan fingerprint density at radius 3 is 2.50 bits per heavy atom. The van der Waals surface area contributed by atoms with Gasteiger partial charge in [0.15, 0.2) is 5.82 Å². The number of hydrogen-bond donors (Lipinski definition) is 0. The molecule has 0 fully saturated rings. The minimum atomic E-state index is -0.642. The number of rotatable bonds is 2. The number of aromatic nitrogens is 3. The summed E-state index contributed by atoms with van der Waals surface area (Å²) in [6.45, 7) is 1.75. The van der Waals surface area contributed by atoms with E-state index < -0.39 is 5.24 Å². The standard InChI is InChI=1S/C11H8Cl3N3O/c1-5-15-11(17(2)16-5)8-7(12)4-3-6(9(8)13)10(14)18/h3-4H,1-2H3. The molecule has 0 unspecified atom stereocenters. The number of carbonyl (C=O) groups is 1. The molecule has 0 aliphatic carbocycles. The lowest BCUT2D eigenvalue weighted by Gasteiger charge is -2.08. The molecule has 7 heteroatoms. The van der Waals surface area contributed by atoms with Crippen LogP contribution in [0.1, 0.15) is 16.2 Å². The van der Waals surface area contributed by atoms with Crippen LogP contribution in [0, 0.1) is 6.92 Å². The van der Waals surface area contributed by atoms with E-state index in [-0.39, 0.29) is 10.6 Å². The predicted octanol–water partition coefficient (Wildman–Crippen LogP) is 3.48.